The Balaban J connectivity index is 2.54. The Labute approximate surface area is 124 Å². The third-order valence-corrected chi connectivity index (χ3v) is 3.79. The zero-order valence-corrected chi connectivity index (χ0v) is 11.9. The van der Waals surface area contributed by atoms with Gasteiger partial charge in [0.1, 0.15) is 0 Å². The largest absolute Gasteiger partial charge is 0.475 e. The van der Waals surface area contributed by atoms with Crippen molar-refractivity contribution in [2.24, 2.45) is 0 Å². The molecule has 0 saturated heterocycles. The average molecular weight is 400 g/mol. The van der Waals surface area contributed by atoms with Crippen molar-refractivity contribution in [2.75, 3.05) is 0 Å². The SMILES string of the molecule is O=C(O)c1oc(-c2ccc(I)c(Cl)c2)nc1C(F)F. The van der Waals surface area contributed by atoms with Gasteiger partial charge in [0.2, 0.25) is 11.7 Å². The first-order valence-electron chi connectivity index (χ1n) is 4.87. The highest BCUT2D eigenvalue weighted by atomic mass is 127. The minimum absolute atomic E-state index is 0.203. The van der Waals surface area contributed by atoms with E-state index >= 15 is 0 Å². The number of halogens is 4. The Morgan fingerprint density at radius 1 is 1.47 bits per heavy atom. The molecular formula is C11H5ClF2INO3. The van der Waals surface area contributed by atoms with Gasteiger partial charge >= 0.3 is 5.97 Å². The summed E-state index contributed by atoms with van der Waals surface area (Å²) in [7, 11) is 0. The monoisotopic (exact) mass is 399 g/mol. The number of aromatic nitrogens is 1. The van der Waals surface area contributed by atoms with E-state index in [1.807, 2.05) is 22.6 Å². The van der Waals surface area contributed by atoms with E-state index in [-0.39, 0.29) is 5.89 Å². The smallest absolute Gasteiger partial charge is 0.374 e. The van der Waals surface area contributed by atoms with Crippen LogP contribution in [0.2, 0.25) is 5.02 Å². The molecule has 0 spiro atoms. The summed E-state index contributed by atoms with van der Waals surface area (Å²) in [4.78, 5) is 14.3. The van der Waals surface area contributed by atoms with E-state index in [0.29, 0.717) is 10.6 Å². The third kappa shape index (κ3) is 2.86. The molecule has 0 atom stereocenters. The van der Waals surface area contributed by atoms with Gasteiger partial charge < -0.3 is 9.52 Å². The highest BCUT2D eigenvalue weighted by molar-refractivity contribution is 14.1. The van der Waals surface area contributed by atoms with Gasteiger partial charge in [-0.05, 0) is 40.8 Å². The van der Waals surface area contributed by atoms with Crippen molar-refractivity contribution in [3.8, 4) is 11.5 Å². The number of nitrogens with zero attached hydrogens (tertiary/aromatic N) is 1. The standard InChI is InChI=1S/C11H5ClF2INO3/c12-5-3-4(1-2-6(5)15)10-16-7(9(13)14)8(19-10)11(17)18/h1-3,9H,(H,17,18). The van der Waals surface area contributed by atoms with Gasteiger partial charge in [0.05, 0.1) is 5.02 Å². The molecule has 1 N–H and O–H groups in total. The lowest BCUT2D eigenvalue weighted by molar-refractivity contribution is 0.0647. The molecule has 0 radical (unpaired) electrons. The minimum atomic E-state index is -3.03. The fourth-order valence-electron chi connectivity index (χ4n) is 1.39. The zero-order valence-electron chi connectivity index (χ0n) is 9.03. The second-order valence-corrected chi connectivity index (χ2v) is 5.04. The van der Waals surface area contributed by atoms with Crippen molar-refractivity contribution in [3.63, 3.8) is 0 Å². The highest BCUT2D eigenvalue weighted by Gasteiger charge is 2.26. The predicted molar refractivity (Wildman–Crippen MR) is 71.6 cm³/mol. The number of rotatable bonds is 3. The summed E-state index contributed by atoms with van der Waals surface area (Å²) in [5.41, 5.74) is -0.558. The summed E-state index contributed by atoms with van der Waals surface area (Å²) < 4.78 is 30.9. The summed E-state index contributed by atoms with van der Waals surface area (Å²) in [5, 5.41) is 9.17. The summed E-state index contributed by atoms with van der Waals surface area (Å²) >= 11 is 7.89. The van der Waals surface area contributed by atoms with E-state index in [2.05, 4.69) is 4.98 Å². The quantitative estimate of drug-likeness (QED) is 0.785. The normalized spacial score (nSPS) is 11.0. The molecule has 1 aromatic heterocycles. The van der Waals surface area contributed by atoms with Crippen molar-refractivity contribution >= 4 is 40.2 Å². The third-order valence-electron chi connectivity index (χ3n) is 2.22. The van der Waals surface area contributed by atoms with E-state index in [9.17, 15) is 13.6 Å². The van der Waals surface area contributed by atoms with E-state index in [4.69, 9.17) is 21.1 Å². The van der Waals surface area contributed by atoms with Crippen LogP contribution in [0.3, 0.4) is 0 Å². The minimum Gasteiger partial charge on any atom is -0.475 e. The Morgan fingerprint density at radius 2 is 2.16 bits per heavy atom. The van der Waals surface area contributed by atoms with Gasteiger partial charge in [-0.1, -0.05) is 11.6 Å². The maximum absolute atomic E-state index is 12.6. The maximum Gasteiger partial charge on any atom is 0.374 e. The van der Waals surface area contributed by atoms with Crippen LogP contribution in [-0.2, 0) is 0 Å². The molecule has 19 heavy (non-hydrogen) atoms. The Morgan fingerprint density at radius 3 is 2.63 bits per heavy atom. The molecule has 0 unspecified atom stereocenters. The van der Waals surface area contributed by atoms with Crippen molar-refractivity contribution in [2.45, 2.75) is 6.43 Å². The summed E-state index contributed by atoms with van der Waals surface area (Å²) in [6.45, 7) is 0. The van der Waals surface area contributed by atoms with Crippen LogP contribution in [0.25, 0.3) is 11.5 Å². The van der Waals surface area contributed by atoms with Crippen LogP contribution in [-0.4, -0.2) is 16.1 Å². The number of carboxylic acids is 1. The van der Waals surface area contributed by atoms with Crippen molar-refractivity contribution in [1.29, 1.82) is 0 Å². The Kier molecular flexibility index (Phi) is 4.04. The lowest BCUT2D eigenvalue weighted by Crippen LogP contribution is -1.99. The predicted octanol–water partition coefficient (Wildman–Crippen LogP) is 4.24. The van der Waals surface area contributed by atoms with Crippen molar-refractivity contribution in [3.05, 3.63) is 38.2 Å². The fraction of sp³-hybridized carbons (Fsp3) is 0.0909. The molecule has 0 fully saturated rings. The number of benzene rings is 1. The molecule has 0 aliphatic rings. The summed E-state index contributed by atoms with van der Waals surface area (Å²) in [6, 6.07) is 4.67. The van der Waals surface area contributed by atoms with E-state index in [0.717, 1.165) is 3.57 Å². The van der Waals surface area contributed by atoms with Crippen LogP contribution >= 0.6 is 34.2 Å². The van der Waals surface area contributed by atoms with Gasteiger partial charge in [-0.15, -0.1) is 0 Å². The highest BCUT2D eigenvalue weighted by Crippen LogP contribution is 2.30. The Bertz CT molecular complexity index is 645. The van der Waals surface area contributed by atoms with Crippen LogP contribution < -0.4 is 0 Å². The van der Waals surface area contributed by atoms with Crippen LogP contribution in [0, 0.1) is 3.57 Å². The molecule has 0 aliphatic heterocycles. The van der Waals surface area contributed by atoms with Gasteiger partial charge in [-0.2, -0.15) is 0 Å². The first kappa shape index (κ1) is 14.2. The second-order valence-electron chi connectivity index (χ2n) is 3.47. The van der Waals surface area contributed by atoms with Gasteiger partial charge in [0.15, 0.2) is 5.69 Å². The number of hydrogen-bond acceptors (Lipinski definition) is 3. The van der Waals surface area contributed by atoms with E-state index < -0.39 is 23.8 Å². The number of carboxylic acid groups (broad SMARTS) is 1. The molecule has 2 rings (SSSR count). The van der Waals surface area contributed by atoms with Crippen LogP contribution in [0.1, 0.15) is 22.7 Å². The number of carbonyl (C=O) groups is 1. The van der Waals surface area contributed by atoms with Crippen LogP contribution in [0.5, 0.6) is 0 Å². The molecule has 2 aromatic rings. The van der Waals surface area contributed by atoms with Crippen molar-refractivity contribution < 1.29 is 23.1 Å². The molecule has 1 aromatic carbocycles. The number of alkyl halides is 2. The number of hydrogen-bond donors (Lipinski definition) is 1. The van der Waals surface area contributed by atoms with Gasteiger partial charge in [-0.25, -0.2) is 18.6 Å². The second kappa shape index (κ2) is 5.41. The fourth-order valence-corrected chi connectivity index (χ4v) is 1.90. The maximum atomic E-state index is 12.6. The summed E-state index contributed by atoms with van der Waals surface area (Å²) in [5.74, 6) is -2.66. The topological polar surface area (TPSA) is 63.3 Å². The first-order chi connectivity index (χ1) is 8.90. The molecular weight excluding hydrogens is 394 g/mol. The molecule has 0 saturated carbocycles. The zero-order chi connectivity index (χ0) is 14.2. The van der Waals surface area contributed by atoms with E-state index in [1.54, 1.807) is 12.1 Å². The molecule has 1 heterocycles. The molecule has 100 valence electrons. The molecule has 4 nitrogen and oxygen atoms in total. The number of oxazole rings is 1. The Hall–Kier alpha value is -1.22. The first-order valence-corrected chi connectivity index (χ1v) is 6.33. The van der Waals surface area contributed by atoms with Crippen LogP contribution in [0.4, 0.5) is 8.78 Å². The van der Waals surface area contributed by atoms with Gasteiger partial charge in [-0.3, -0.25) is 0 Å². The van der Waals surface area contributed by atoms with Crippen LogP contribution in [0.15, 0.2) is 22.6 Å². The van der Waals surface area contributed by atoms with Gasteiger partial charge in [0, 0.05) is 9.13 Å². The molecule has 0 bridgehead atoms. The van der Waals surface area contributed by atoms with Crippen molar-refractivity contribution in [1.82, 2.24) is 4.98 Å². The average Bonchev–Trinajstić information content (AvgIpc) is 2.78. The number of aromatic carboxylic acids is 1. The lowest BCUT2D eigenvalue weighted by atomic mass is 10.2. The van der Waals surface area contributed by atoms with E-state index in [1.165, 1.54) is 6.07 Å². The molecule has 8 heteroatoms. The lowest BCUT2D eigenvalue weighted by Gasteiger charge is -1.98. The molecule has 0 aliphatic carbocycles. The van der Waals surface area contributed by atoms with Gasteiger partial charge in [0.25, 0.3) is 6.43 Å². The molecule has 0 amide bonds. The summed E-state index contributed by atoms with van der Waals surface area (Å²) in [6.07, 6.45) is -3.03.